The number of aromatic carboxylic acids is 1. The highest BCUT2D eigenvalue weighted by Crippen LogP contribution is 2.10. The summed E-state index contributed by atoms with van der Waals surface area (Å²) in [5.74, 6) is -1.80. The molecule has 0 aliphatic rings. The summed E-state index contributed by atoms with van der Waals surface area (Å²) >= 11 is 0. The molecule has 0 spiro atoms. The van der Waals surface area contributed by atoms with Gasteiger partial charge in [0.05, 0.1) is 28.9 Å². The third-order valence-corrected chi connectivity index (χ3v) is 3.47. The van der Waals surface area contributed by atoms with Crippen molar-refractivity contribution in [3.05, 3.63) is 29.8 Å². The van der Waals surface area contributed by atoms with E-state index in [1.54, 1.807) is 0 Å². The number of carbonyl (C=O) groups is 2. The van der Waals surface area contributed by atoms with Crippen LogP contribution in [0.25, 0.3) is 0 Å². The summed E-state index contributed by atoms with van der Waals surface area (Å²) in [6, 6.07) is 7.52. The van der Waals surface area contributed by atoms with E-state index in [4.69, 9.17) is 10.4 Å². The molecule has 7 heteroatoms. The molecular formula is C12H12N2O4S. The Morgan fingerprint density at radius 3 is 2.79 bits per heavy atom. The molecule has 2 N–H and O–H groups in total. The monoisotopic (exact) mass is 280 g/mol. The van der Waals surface area contributed by atoms with Crippen LogP contribution in [0.5, 0.6) is 0 Å². The zero-order valence-electron chi connectivity index (χ0n) is 9.96. The molecule has 100 valence electrons. The second-order valence-corrected chi connectivity index (χ2v) is 5.03. The molecule has 0 saturated heterocycles. The van der Waals surface area contributed by atoms with Crippen LogP contribution in [0.3, 0.4) is 0 Å². The lowest BCUT2D eigenvalue weighted by molar-refractivity contribution is -0.118. The van der Waals surface area contributed by atoms with Crippen molar-refractivity contribution in [3.63, 3.8) is 0 Å². The Kier molecular flexibility index (Phi) is 5.70. The van der Waals surface area contributed by atoms with E-state index in [1.807, 2.05) is 6.07 Å². The Labute approximate surface area is 112 Å². The highest BCUT2D eigenvalue weighted by atomic mass is 32.2. The van der Waals surface area contributed by atoms with E-state index in [2.05, 4.69) is 5.32 Å². The number of benzene rings is 1. The first kappa shape index (κ1) is 14.9. The van der Waals surface area contributed by atoms with Gasteiger partial charge >= 0.3 is 5.97 Å². The molecular weight excluding hydrogens is 268 g/mol. The SMILES string of the molecule is N#CCCNC(=O)CS(=O)c1cccc(C(=O)O)c1. The van der Waals surface area contributed by atoms with Gasteiger partial charge < -0.3 is 10.4 Å². The number of nitriles is 1. The molecule has 1 atom stereocenters. The molecule has 0 saturated carbocycles. The number of rotatable bonds is 6. The second-order valence-electron chi connectivity index (χ2n) is 3.58. The zero-order chi connectivity index (χ0) is 14.3. The first-order valence-corrected chi connectivity index (χ1v) is 6.72. The van der Waals surface area contributed by atoms with Crippen molar-refractivity contribution in [1.82, 2.24) is 5.32 Å². The summed E-state index contributed by atoms with van der Waals surface area (Å²) in [6.07, 6.45) is 0.187. The summed E-state index contributed by atoms with van der Waals surface area (Å²) in [6.45, 7) is 0.210. The average Bonchev–Trinajstić information content (AvgIpc) is 2.39. The standard InChI is InChI=1S/C12H12N2O4S/c13-5-2-6-14-11(15)8-19(18)10-4-1-3-9(7-10)12(16)17/h1,3-4,7H,2,6,8H2,(H,14,15)(H,16,17). The molecule has 0 bridgehead atoms. The van der Waals surface area contributed by atoms with Gasteiger partial charge in [0.15, 0.2) is 0 Å². The van der Waals surface area contributed by atoms with E-state index in [1.165, 1.54) is 24.3 Å². The lowest BCUT2D eigenvalue weighted by atomic mass is 10.2. The lowest BCUT2D eigenvalue weighted by Crippen LogP contribution is -2.29. The van der Waals surface area contributed by atoms with Crippen LogP contribution in [0.4, 0.5) is 0 Å². The third kappa shape index (κ3) is 4.89. The predicted octanol–water partition coefficient (Wildman–Crippen LogP) is 0.522. The molecule has 6 nitrogen and oxygen atoms in total. The Bertz CT molecular complexity index is 551. The third-order valence-electron chi connectivity index (χ3n) is 2.17. The molecule has 0 aliphatic carbocycles. The molecule has 19 heavy (non-hydrogen) atoms. The van der Waals surface area contributed by atoms with Crippen molar-refractivity contribution in [2.75, 3.05) is 12.3 Å². The van der Waals surface area contributed by atoms with E-state index in [9.17, 15) is 13.8 Å². The summed E-state index contributed by atoms with van der Waals surface area (Å²) in [5, 5.41) is 19.6. The maximum Gasteiger partial charge on any atom is 0.335 e. The maximum absolute atomic E-state index is 11.9. The number of carbonyl (C=O) groups excluding carboxylic acids is 1. The van der Waals surface area contributed by atoms with Crippen LogP contribution in [0.1, 0.15) is 16.8 Å². The van der Waals surface area contributed by atoms with Gasteiger partial charge in [0.25, 0.3) is 0 Å². The van der Waals surface area contributed by atoms with E-state index in [0.29, 0.717) is 0 Å². The minimum Gasteiger partial charge on any atom is -0.478 e. The van der Waals surface area contributed by atoms with Gasteiger partial charge in [0, 0.05) is 11.4 Å². The summed E-state index contributed by atoms with van der Waals surface area (Å²) in [5.41, 5.74) is 0.0238. The second kappa shape index (κ2) is 7.28. The lowest BCUT2D eigenvalue weighted by Gasteiger charge is -2.04. The van der Waals surface area contributed by atoms with Gasteiger partial charge in [-0.3, -0.25) is 9.00 Å². The number of amides is 1. The molecule has 1 unspecified atom stereocenters. The molecule has 1 amide bonds. The quantitative estimate of drug-likeness (QED) is 0.739. The molecule has 1 aromatic carbocycles. The summed E-state index contributed by atoms with van der Waals surface area (Å²) < 4.78 is 11.9. The van der Waals surface area contributed by atoms with Crippen molar-refractivity contribution < 1.29 is 18.9 Å². The number of carboxylic acids is 1. The van der Waals surface area contributed by atoms with Crippen LogP contribution in [0.15, 0.2) is 29.2 Å². The topological polar surface area (TPSA) is 107 Å². The first-order valence-electron chi connectivity index (χ1n) is 5.40. The van der Waals surface area contributed by atoms with Crippen molar-refractivity contribution in [3.8, 4) is 6.07 Å². The predicted molar refractivity (Wildman–Crippen MR) is 67.9 cm³/mol. The van der Waals surface area contributed by atoms with Gasteiger partial charge in [-0.25, -0.2) is 4.79 Å². The minimum absolute atomic E-state index is 0.0238. The highest BCUT2D eigenvalue weighted by molar-refractivity contribution is 7.85. The van der Waals surface area contributed by atoms with Crippen molar-refractivity contribution in [1.29, 1.82) is 5.26 Å². The highest BCUT2D eigenvalue weighted by Gasteiger charge is 2.12. The largest absolute Gasteiger partial charge is 0.478 e. The summed E-state index contributed by atoms with van der Waals surface area (Å²) in [7, 11) is -1.60. The van der Waals surface area contributed by atoms with Crippen LogP contribution < -0.4 is 5.32 Å². The average molecular weight is 280 g/mol. The van der Waals surface area contributed by atoms with Crippen LogP contribution >= 0.6 is 0 Å². The van der Waals surface area contributed by atoms with Crippen molar-refractivity contribution in [2.24, 2.45) is 0 Å². The molecule has 0 radical (unpaired) electrons. The number of nitrogens with one attached hydrogen (secondary N) is 1. The van der Waals surface area contributed by atoms with Gasteiger partial charge in [0.2, 0.25) is 5.91 Å². The van der Waals surface area contributed by atoms with Crippen molar-refractivity contribution >= 4 is 22.7 Å². The Balaban J connectivity index is 2.63. The fourth-order valence-corrected chi connectivity index (χ4v) is 2.28. The fraction of sp³-hybridized carbons (Fsp3) is 0.250. The van der Waals surface area contributed by atoms with E-state index >= 15 is 0 Å². The van der Waals surface area contributed by atoms with Crippen LogP contribution in [0, 0.1) is 11.3 Å². The van der Waals surface area contributed by atoms with E-state index < -0.39 is 22.7 Å². The van der Waals surface area contributed by atoms with Gasteiger partial charge in [-0.15, -0.1) is 0 Å². The number of hydrogen-bond acceptors (Lipinski definition) is 4. The Morgan fingerprint density at radius 1 is 1.42 bits per heavy atom. The van der Waals surface area contributed by atoms with Crippen LogP contribution in [-0.4, -0.2) is 33.5 Å². The molecule has 0 aromatic heterocycles. The fourth-order valence-electron chi connectivity index (χ4n) is 1.28. The van der Waals surface area contributed by atoms with Crippen LogP contribution in [0.2, 0.25) is 0 Å². The molecule has 0 heterocycles. The summed E-state index contributed by atoms with van der Waals surface area (Å²) in [4.78, 5) is 22.4. The molecule has 0 fully saturated rings. The first-order chi connectivity index (χ1) is 9.04. The van der Waals surface area contributed by atoms with Gasteiger partial charge in [-0.05, 0) is 18.2 Å². The molecule has 1 rings (SSSR count). The maximum atomic E-state index is 11.9. The number of hydrogen-bond donors (Lipinski definition) is 2. The number of carboxylic acid groups (broad SMARTS) is 1. The normalized spacial score (nSPS) is 11.3. The molecule has 1 aromatic rings. The van der Waals surface area contributed by atoms with Crippen LogP contribution in [-0.2, 0) is 15.6 Å². The smallest absolute Gasteiger partial charge is 0.335 e. The Hall–Kier alpha value is -2.20. The minimum atomic E-state index is -1.60. The van der Waals surface area contributed by atoms with Gasteiger partial charge in [-0.2, -0.15) is 5.26 Å². The molecule has 0 aliphatic heterocycles. The number of nitrogens with zero attached hydrogens (tertiary/aromatic N) is 1. The zero-order valence-corrected chi connectivity index (χ0v) is 10.8. The van der Waals surface area contributed by atoms with E-state index in [-0.39, 0.29) is 29.2 Å². The Morgan fingerprint density at radius 2 is 2.16 bits per heavy atom. The van der Waals surface area contributed by atoms with Crippen molar-refractivity contribution in [2.45, 2.75) is 11.3 Å². The van der Waals surface area contributed by atoms with Gasteiger partial charge in [-0.1, -0.05) is 6.07 Å². The van der Waals surface area contributed by atoms with Gasteiger partial charge in [0.1, 0.15) is 5.75 Å². The van der Waals surface area contributed by atoms with E-state index in [0.717, 1.165) is 0 Å².